The molecule has 0 aliphatic carbocycles. The zero-order valence-corrected chi connectivity index (χ0v) is 9.17. The van der Waals surface area contributed by atoms with E-state index in [0.29, 0.717) is 5.54 Å². The molecule has 0 aromatic heterocycles. The second-order valence-electron chi connectivity index (χ2n) is 4.72. The summed E-state index contributed by atoms with van der Waals surface area (Å²) in [5.41, 5.74) is 6.30. The number of hydrogen-bond acceptors (Lipinski definition) is 3. The van der Waals surface area contributed by atoms with Crippen molar-refractivity contribution in [2.24, 2.45) is 11.7 Å². The fourth-order valence-electron chi connectivity index (χ4n) is 3.21. The van der Waals surface area contributed by atoms with Crippen molar-refractivity contribution in [3.63, 3.8) is 0 Å². The highest BCUT2D eigenvalue weighted by atomic mass is 16.5. The minimum atomic E-state index is 0.295. The first kappa shape index (κ1) is 10.4. The van der Waals surface area contributed by atoms with Gasteiger partial charge in [-0.2, -0.15) is 0 Å². The summed E-state index contributed by atoms with van der Waals surface area (Å²) < 4.78 is 5.42. The lowest BCUT2D eigenvalue weighted by atomic mass is 9.77. The van der Waals surface area contributed by atoms with Gasteiger partial charge in [-0.25, -0.2) is 0 Å². The van der Waals surface area contributed by atoms with Crippen molar-refractivity contribution in [1.29, 1.82) is 0 Å². The van der Waals surface area contributed by atoms with Crippen molar-refractivity contribution < 1.29 is 4.74 Å². The van der Waals surface area contributed by atoms with Gasteiger partial charge in [0, 0.05) is 25.3 Å². The Morgan fingerprint density at radius 1 is 1.43 bits per heavy atom. The van der Waals surface area contributed by atoms with E-state index >= 15 is 0 Å². The molecule has 0 spiro atoms. The van der Waals surface area contributed by atoms with Crippen LogP contribution in [0.2, 0.25) is 0 Å². The average molecular weight is 198 g/mol. The fourth-order valence-corrected chi connectivity index (χ4v) is 3.21. The van der Waals surface area contributed by atoms with E-state index < -0.39 is 0 Å². The summed E-state index contributed by atoms with van der Waals surface area (Å²) in [5.74, 6) is 0.758. The van der Waals surface area contributed by atoms with Crippen molar-refractivity contribution in [2.75, 3.05) is 33.4 Å². The second-order valence-corrected chi connectivity index (χ2v) is 4.72. The third-order valence-electron chi connectivity index (χ3n) is 4.20. The molecule has 0 bridgehead atoms. The van der Waals surface area contributed by atoms with Gasteiger partial charge in [0.15, 0.2) is 0 Å². The van der Waals surface area contributed by atoms with Crippen molar-refractivity contribution >= 4 is 0 Å². The summed E-state index contributed by atoms with van der Waals surface area (Å²) in [4.78, 5) is 2.49. The number of ether oxygens (including phenoxy) is 1. The molecular formula is C11H22N2O. The van der Waals surface area contributed by atoms with E-state index in [2.05, 4.69) is 11.9 Å². The van der Waals surface area contributed by atoms with E-state index in [1.165, 1.54) is 32.2 Å². The maximum Gasteiger partial charge on any atom is 0.0469 e. The molecule has 2 rings (SSSR count). The largest absolute Gasteiger partial charge is 0.381 e. The minimum absolute atomic E-state index is 0.295. The highest BCUT2D eigenvalue weighted by molar-refractivity contribution is 5.00. The summed E-state index contributed by atoms with van der Waals surface area (Å²) >= 11 is 0. The first-order chi connectivity index (χ1) is 6.79. The van der Waals surface area contributed by atoms with Crippen molar-refractivity contribution in [3.8, 4) is 0 Å². The molecule has 2 heterocycles. The van der Waals surface area contributed by atoms with E-state index in [0.717, 1.165) is 25.7 Å². The smallest absolute Gasteiger partial charge is 0.0469 e. The van der Waals surface area contributed by atoms with Gasteiger partial charge in [-0.1, -0.05) is 0 Å². The molecule has 3 heteroatoms. The standard InChI is InChI=1S/C11H22N2O/c1-13-6-2-5-11(13,9-12)10-3-7-14-8-4-10/h10H,2-9,12H2,1H3. The number of likely N-dealkylation sites (tertiary alicyclic amines) is 1. The molecule has 0 saturated carbocycles. The number of likely N-dealkylation sites (N-methyl/N-ethyl adjacent to an activating group) is 1. The first-order valence-corrected chi connectivity index (χ1v) is 5.78. The van der Waals surface area contributed by atoms with Gasteiger partial charge in [-0.15, -0.1) is 0 Å². The third-order valence-corrected chi connectivity index (χ3v) is 4.20. The van der Waals surface area contributed by atoms with Crippen LogP contribution in [-0.4, -0.2) is 43.8 Å². The maximum absolute atomic E-state index is 6.01. The van der Waals surface area contributed by atoms with E-state index in [4.69, 9.17) is 10.5 Å². The van der Waals surface area contributed by atoms with Crippen molar-refractivity contribution in [2.45, 2.75) is 31.2 Å². The van der Waals surface area contributed by atoms with Gasteiger partial charge in [0.2, 0.25) is 0 Å². The molecule has 2 aliphatic rings. The lowest BCUT2D eigenvalue weighted by molar-refractivity contribution is 0.00177. The topological polar surface area (TPSA) is 38.5 Å². The highest BCUT2D eigenvalue weighted by Crippen LogP contribution is 2.38. The fraction of sp³-hybridized carbons (Fsp3) is 1.00. The molecule has 0 aromatic rings. The molecule has 82 valence electrons. The van der Waals surface area contributed by atoms with Crippen LogP contribution >= 0.6 is 0 Å². The Kier molecular flexibility index (Phi) is 3.10. The number of hydrogen-bond donors (Lipinski definition) is 1. The molecule has 0 amide bonds. The van der Waals surface area contributed by atoms with E-state index in [-0.39, 0.29) is 0 Å². The molecule has 0 aromatic carbocycles. The molecule has 1 atom stereocenters. The van der Waals surface area contributed by atoms with Crippen LogP contribution in [0, 0.1) is 5.92 Å². The summed E-state index contributed by atoms with van der Waals surface area (Å²) in [5, 5.41) is 0. The van der Waals surface area contributed by atoms with Crippen molar-refractivity contribution in [1.82, 2.24) is 4.90 Å². The van der Waals surface area contributed by atoms with Crippen LogP contribution in [0.3, 0.4) is 0 Å². The van der Waals surface area contributed by atoms with Crippen molar-refractivity contribution in [3.05, 3.63) is 0 Å². The van der Waals surface area contributed by atoms with Gasteiger partial charge >= 0.3 is 0 Å². The Bertz CT molecular complexity index is 192. The molecule has 2 aliphatic heterocycles. The van der Waals surface area contributed by atoms with Crippen LogP contribution < -0.4 is 5.73 Å². The second kappa shape index (κ2) is 4.17. The Balaban J connectivity index is 2.09. The molecule has 2 N–H and O–H groups in total. The quantitative estimate of drug-likeness (QED) is 0.714. The SMILES string of the molecule is CN1CCCC1(CN)C1CCOCC1. The predicted molar refractivity (Wildman–Crippen MR) is 57.2 cm³/mol. The van der Waals surface area contributed by atoms with Crippen LogP contribution in [0.25, 0.3) is 0 Å². The molecule has 2 fully saturated rings. The Hall–Kier alpha value is -0.120. The van der Waals surface area contributed by atoms with E-state index in [9.17, 15) is 0 Å². The minimum Gasteiger partial charge on any atom is -0.381 e. The molecule has 3 nitrogen and oxygen atoms in total. The zero-order chi connectivity index (χ0) is 10.0. The van der Waals surface area contributed by atoms with Gasteiger partial charge in [0.25, 0.3) is 0 Å². The maximum atomic E-state index is 6.01. The van der Waals surface area contributed by atoms with Gasteiger partial charge in [0.1, 0.15) is 0 Å². The lowest BCUT2D eigenvalue weighted by Crippen LogP contribution is -2.54. The molecular weight excluding hydrogens is 176 g/mol. The summed E-state index contributed by atoms with van der Waals surface area (Å²) in [6, 6.07) is 0. The van der Waals surface area contributed by atoms with Crippen LogP contribution in [0.5, 0.6) is 0 Å². The number of nitrogens with two attached hydrogens (primary N) is 1. The zero-order valence-electron chi connectivity index (χ0n) is 9.17. The number of nitrogens with zero attached hydrogens (tertiary/aromatic N) is 1. The Labute approximate surface area is 86.6 Å². The van der Waals surface area contributed by atoms with E-state index in [1.807, 2.05) is 0 Å². The van der Waals surface area contributed by atoms with Crippen LogP contribution in [0.15, 0.2) is 0 Å². The Morgan fingerprint density at radius 2 is 2.14 bits per heavy atom. The van der Waals surface area contributed by atoms with Crippen LogP contribution in [0.4, 0.5) is 0 Å². The summed E-state index contributed by atoms with van der Waals surface area (Å²) in [6.45, 7) is 3.89. The summed E-state index contributed by atoms with van der Waals surface area (Å²) in [7, 11) is 2.23. The van der Waals surface area contributed by atoms with Crippen LogP contribution in [0.1, 0.15) is 25.7 Å². The van der Waals surface area contributed by atoms with Gasteiger partial charge in [-0.3, -0.25) is 4.90 Å². The normalized spacial score (nSPS) is 36.4. The number of rotatable bonds is 2. The van der Waals surface area contributed by atoms with Crippen LogP contribution in [-0.2, 0) is 4.74 Å². The van der Waals surface area contributed by atoms with Gasteiger partial charge < -0.3 is 10.5 Å². The first-order valence-electron chi connectivity index (χ1n) is 5.78. The lowest BCUT2D eigenvalue weighted by Gasteiger charge is -2.44. The Morgan fingerprint density at radius 3 is 2.64 bits per heavy atom. The summed E-state index contributed by atoms with van der Waals surface area (Å²) in [6.07, 6.45) is 4.98. The molecule has 14 heavy (non-hydrogen) atoms. The predicted octanol–water partition coefficient (Wildman–Crippen LogP) is 0.836. The molecule has 2 saturated heterocycles. The highest BCUT2D eigenvalue weighted by Gasteiger charge is 2.44. The van der Waals surface area contributed by atoms with Gasteiger partial charge in [0.05, 0.1) is 0 Å². The monoisotopic (exact) mass is 198 g/mol. The van der Waals surface area contributed by atoms with Gasteiger partial charge in [-0.05, 0) is 45.2 Å². The average Bonchev–Trinajstić information content (AvgIpc) is 2.62. The van der Waals surface area contributed by atoms with E-state index in [1.54, 1.807) is 0 Å². The molecule has 0 radical (unpaired) electrons. The third kappa shape index (κ3) is 1.58. The molecule has 1 unspecified atom stereocenters.